The van der Waals surface area contributed by atoms with Crippen LogP contribution in [-0.4, -0.2) is 24.5 Å². The Balaban J connectivity index is 1.03. The van der Waals surface area contributed by atoms with Crippen LogP contribution in [-0.2, 0) is 0 Å². The lowest BCUT2D eigenvalue weighted by molar-refractivity contribution is 1.07. The molecule has 6 heteroatoms. The number of para-hydroxylation sites is 1. The summed E-state index contributed by atoms with van der Waals surface area (Å²) in [6.07, 6.45) is 0. The molecule has 0 saturated heterocycles. The lowest BCUT2D eigenvalue weighted by atomic mass is 9.96. The molecule has 0 aliphatic heterocycles. The zero-order valence-electron chi connectivity index (χ0n) is 34.5. The molecule has 0 fully saturated rings. The van der Waals surface area contributed by atoms with E-state index in [0.29, 0.717) is 17.5 Å². The summed E-state index contributed by atoms with van der Waals surface area (Å²) >= 11 is 1.70. The zero-order valence-corrected chi connectivity index (χ0v) is 35.3. The van der Waals surface area contributed by atoms with Gasteiger partial charge in [-0.2, -0.15) is 0 Å². The normalized spacial score (nSPS) is 11.4. The quantitative estimate of drug-likeness (QED) is 0.153. The van der Waals surface area contributed by atoms with Gasteiger partial charge in [-0.1, -0.05) is 164 Å². The van der Waals surface area contributed by atoms with E-state index >= 15 is 0 Å². The van der Waals surface area contributed by atoms with Crippen molar-refractivity contribution in [1.82, 2.24) is 24.5 Å². The van der Waals surface area contributed by atoms with Crippen molar-refractivity contribution in [1.29, 1.82) is 0 Å². The van der Waals surface area contributed by atoms with Gasteiger partial charge in [-0.3, -0.25) is 0 Å². The van der Waals surface area contributed by atoms with Crippen LogP contribution in [0.25, 0.3) is 116 Å². The smallest absolute Gasteiger partial charge is 0.164 e. The highest BCUT2D eigenvalue weighted by Crippen LogP contribution is 2.41. The maximum Gasteiger partial charge on any atom is 0.164 e. The lowest BCUT2D eigenvalue weighted by Gasteiger charge is -2.14. The first-order valence-corrected chi connectivity index (χ1v) is 22.2. The van der Waals surface area contributed by atoms with Crippen molar-refractivity contribution in [3.05, 3.63) is 224 Å². The molecule has 5 nitrogen and oxygen atoms in total. The van der Waals surface area contributed by atoms with Crippen molar-refractivity contribution in [3.63, 3.8) is 0 Å². The predicted molar refractivity (Wildman–Crippen MR) is 265 cm³/mol. The Labute approximate surface area is 374 Å². The number of hydrogen-bond donors (Lipinski definition) is 0. The Morgan fingerprint density at radius 1 is 0.312 bits per heavy atom. The van der Waals surface area contributed by atoms with Crippen LogP contribution >= 0.6 is 11.3 Å². The van der Waals surface area contributed by atoms with Gasteiger partial charge >= 0.3 is 0 Å². The standard InChI is InChI=1S/C58H37N5S/c1-5-15-38(16-6-1)43-28-33-52-49(35-43)50-36-44(39-17-7-2-8-18-39)29-34-53(50)63(52)46-30-25-40(26-31-46)48-37-45(58-59-51-23-13-14-24-54(51)64-58)27-32-47(48)57-61-55(41-19-9-3-10-20-41)60-56(62-57)42-21-11-4-12-22-42/h1-37H. The first-order valence-electron chi connectivity index (χ1n) is 21.4. The summed E-state index contributed by atoms with van der Waals surface area (Å²) in [6.45, 7) is 0. The largest absolute Gasteiger partial charge is 0.309 e. The van der Waals surface area contributed by atoms with Crippen LogP contribution in [0.5, 0.6) is 0 Å². The third-order valence-corrected chi connectivity index (χ3v) is 13.0. The van der Waals surface area contributed by atoms with Gasteiger partial charge in [-0.05, 0) is 94.0 Å². The van der Waals surface area contributed by atoms with Crippen molar-refractivity contribution in [3.8, 4) is 83.8 Å². The van der Waals surface area contributed by atoms with E-state index < -0.39 is 0 Å². The van der Waals surface area contributed by atoms with E-state index in [1.165, 1.54) is 33.0 Å². The fraction of sp³-hybridized carbons (Fsp3) is 0. The van der Waals surface area contributed by atoms with E-state index in [9.17, 15) is 0 Å². The summed E-state index contributed by atoms with van der Waals surface area (Å²) in [7, 11) is 0. The molecule has 64 heavy (non-hydrogen) atoms. The SMILES string of the molecule is c1ccc(-c2ccc3c(c2)c2cc(-c4ccccc4)ccc2n3-c2ccc(-c3cc(-c4nc5ccccc5s4)ccc3-c3nc(-c4ccccc4)nc(-c4ccccc4)n3)cc2)cc1. The van der Waals surface area contributed by atoms with Gasteiger partial charge in [0.25, 0.3) is 0 Å². The van der Waals surface area contributed by atoms with E-state index in [-0.39, 0.29) is 0 Å². The average molecular weight is 836 g/mol. The number of hydrogen-bond acceptors (Lipinski definition) is 5. The topological polar surface area (TPSA) is 56.5 Å². The second-order valence-corrected chi connectivity index (χ2v) is 16.9. The third kappa shape index (κ3) is 6.83. The first-order chi connectivity index (χ1) is 31.7. The van der Waals surface area contributed by atoms with Crippen molar-refractivity contribution >= 4 is 43.4 Å². The summed E-state index contributed by atoms with van der Waals surface area (Å²) in [5.74, 6) is 1.85. The molecule has 0 saturated carbocycles. The number of benzene rings is 9. The maximum atomic E-state index is 5.17. The van der Waals surface area contributed by atoms with Gasteiger partial charge in [0, 0.05) is 38.7 Å². The van der Waals surface area contributed by atoms with E-state index in [4.69, 9.17) is 19.9 Å². The molecule has 12 aromatic rings. The Morgan fingerprint density at radius 3 is 1.33 bits per heavy atom. The monoisotopic (exact) mass is 835 g/mol. The van der Waals surface area contributed by atoms with Crippen molar-refractivity contribution in [2.24, 2.45) is 0 Å². The summed E-state index contributed by atoms with van der Waals surface area (Å²) in [6, 6.07) is 79.0. The van der Waals surface area contributed by atoms with Gasteiger partial charge in [0.05, 0.1) is 21.3 Å². The second kappa shape index (κ2) is 15.9. The average Bonchev–Trinajstić information content (AvgIpc) is 3.96. The molecule has 3 aromatic heterocycles. The highest BCUT2D eigenvalue weighted by Gasteiger charge is 2.20. The molecular formula is C58H37N5S. The molecule has 0 bridgehead atoms. The van der Waals surface area contributed by atoms with Gasteiger partial charge in [-0.25, -0.2) is 19.9 Å². The van der Waals surface area contributed by atoms with Gasteiger partial charge in [0.15, 0.2) is 17.5 Å². The van der Waals surface area contributed by atoms with Crippen LogP contribution in [0.3, 0.4) is 0 Å². The molecule has 300 valence electrons. The molecule has 0 radical (unpaired) electrons. The molecule has 0 N–H and O–H groups in total. The van der Waals surface area contributed by atoms with Crippen LogP contribution in [0, 0.1) is 0 Å². The molecular weight excluding hydrogens is 799 g/mol. The van der Waals surface area contributed by atoms with E-state index in [1.54, 1.807) is 11.3 Å². The minimum Gasteiger partial charge on any atom is -0.309 e. The van der Waals surface area contributed by atoms with Crippen molar-refractivity contribution in [2.75, 3.05) is 0 Å². The molecule has 0 aliphatic rings. The number of nitrogens with zero attached hydrogens (tertiary/aromatic N) is 5. The van der Waals surface area contributed by atoms with Gasteiger partial charge in [0.1, 0.15) is 5.01 Å². The summed E-state index contributed by atoms with van der Waals surface area (Å²) in [5, 5.41) is 3.39. The van der Waals surface area contributed by atoms with Crippen LogP contribution < -0.4 is 0 Å². The molecule has 0 aliphatic carbocycles. The number of aromatic nitrogens is 5. The number of rotatable bonds is 8. The van der Waals surface area contributed by atoms with Crippen LogP contribution in [0.1, 0.15) is 0 Å². The van der Waals surface area contributed by atoms with E-state index in [0.717, 1.165) is 65.3 Å². The minimum atomic E-state index is 0.605. The Morgan fingerprint density at radius 2 is 0.781 bits per heavy atom. The number of fused-ring (bicyclic) bond motifs is 4. The van der Waals surface area contributed by atoms with Gasteiger partial charge in [0.2, 0.25) is 0 Å². The molecule has 0 unspecified atom stereocenters. The van der Waals surface area contributed by atoms with Gasteiger partial charge < -0.3 is 4.57 Å². The fourth-order valence-corrected chi connectivity index (χ4v) is 9.71. The minimum absolute atomic E-state index is 0.605. The molecule has 9 aromatic carbocycles. The summed E-state index contributed by atoms with van der Waals surface area (Å²) in [5.41, 5.74) is 15.0. The van der Waals surface area contributed by atoms with Gasteiger partial charge in [-0.15, -0.1) is 11.3 Å². The molecule has 12 rings (SSSR count). The van der Waals surface area contributed by atoms with E-state index in [1.807, 2.05) is 66.7 Å². The highest BCUT2D eigenvalue weighted by molar-refractivity contribution is 7.21. The second-order valence-electron chi connectivity index (χ2n) is 15.9. The Kier molecular flexibility index (Phi) is 9.28. The Bertz CT molecular complexity index is 3450. The molecule has 3 heterocycles. The highest BCUT2D eigenvalue weighted by atomic mass is 32.1. The third-order valence-electron chi connectivity index (χ3n) is 11.9. The summed E-state index contributed by atoms with van der Waals surface area (Å²) in [4.78, 5) is 20.4. The Hall–Kier alpha value is -8.32. The lowest BCUT2D eigenvalue weighted by Crippen LogP contribution is -2.01. The van der Waals surface area contributed by atoms with Crippen molar-refractivity contribution < 1.29 is 0 Å². The van der Waals surface area contributed by atoms with Crippen LogP contribution in [0.4, 0.5) is 0 Å². The zero-order chi connectivity index (χ0) is 42.4. The molecule has 0 spiro atoms. The van der Waals surface area contributed by atoms with Crippen molar-refractivity contribution in [2.45, 2.75) is 0 Å². The molecule has 0 atom stereocenters. The fourth-order valence-electron chi connectivity index (χ4n) is 8.75. The molecule has 0 amide bonds. The van der Waals surface area contributed by atoms with Crippen LogP contribution in [0.2, 0.25) is 0 Å². The number of thiazole rings is 1. The first kappa shape index (κ1) is 37.4. The van der Waals surface area contributed by atoms with Crippen LogP contribution in [0.15, 0.2) is 224 Å². The maximum absolute atomic E-state index is 5.17. The van der Waals surface area contributed by atoms with E-state index in [2.05, 4.69) is 162 Å². The predicted octanol–water partition coefficient (Wildman–Crippen LogP) is 15.2. The summed E-state index contributed by atoms with van der Waals surface area (Å²) < 4.78 is 3.55.